The SMILES string of the molecule is Cc1ccc(C(C)NC(=O)NCC[C@H](O)C(=O)O)cc1F. The van der Waals surface area contributed by atoms with Gasteiger partial charge >= 0.3 is 12.0 Å². The third-order valence-electron chi connectivity index (χ3n) is 3.03. The van der Waals surface area contributed by atoms with Gasteiger partial charge in [-0.3, -0.25) is 0 Å². The van der Waals surface area contributed by atoms with Crippen molar-refractivity contribution in [2.45, 2.75) is 32.4 Å². The van der Waals surface area contributed by atoms with Crippen LogP contribution < -0.4 is 10.6 Å². The Balaban J connectivity index is 2.43. The van der Waals surface area contributed by atoms with Crippen molar-refractivity contribution in [3.8, 4) is 0 Å². The lowest BCUT2D eigenvalue weighted by atomic mass is 10.1. The molecule has 0 fully saturated rings. The number of aliphatic hydroxyl groups excluding tert-OH is 1. The zero-order valence-electron chi connectivity index (χ0n) is 11.9. The van der Waals surface area contributed by atoms with Crippen molar-refractivity contribution >= 4 is 12.0 Å². The Hall–Kier alpha value is -2.15. The van der Waals surface area contributed by atoms with Gasteiger partial charge in [-0.05, 0) is 31.0 Å². The quantitative estimate of drug-likeness (QED) is 0.636. The second-order valence-corrected chi connectivity index (χ2v) is 4.77. The van der Waals surface area contributed by atoms with E-state index in [1.807, 2.05) is 0 Å². The van der Waals surface area contributed by atoms with E-state index in [9.17, 15) is 14.0 Å². The van der Waals surface area contributed by atoms with Crippen LogP contribution in [0.1, 0.15) is 30.5 Å². The first kappa shape index (κ1) is 16.9. The Morgan fingerprint density at radius 3 is 2.62 bits per heavy atom. The molecule has 0 aliphatic heterocycles. The number of carboxylic acids is 1. The maximum absolute atomic E-state index is 13.4. The summed E-state index contributed by atoms with van der Waals surface area (Å²) in [6, 6.07) is 3.79. The van der Waals surface area contributed by atoms with Crippen molar-refractivity contribution in [3.05, 3.63) is 35.1 Å². The molecule has 0 radical (unpaired) electrons. The van der Waals surface area contributed by atoms with Crippen LogP contribution in [-0.4, -0.2) is 34.9 Å². The molecule has 6 nitrogen and oxygen atoms in total. The highest BCUT2D eigenvalue weighted by molar-refractivity contribution is 5.75. The Bertz CT molecular complexity index is 522. The fraction of sp³-hybridized carbons (Fsp3) is 0.429. The van der Waals surface area contributed by atoms with E-state index in [1.54, 1.807) is 26.0 Å². The highest BCUT2D eigenvalue weighted by Crippen LogP contribution is 2.16. The molecule has 0 saturated heterocycles. The second kappa shape index (κ2) is 7.58. The van der Waals surface area contributed by atoms with E-state index in [0.717, 1.165) is 0 Å². The number of urea groups is 1. The van der Waals surface area contributed by atoms with Gasteiger partial charge in [0.2, 0.25) is 0 Å². The summed E-state index contributed by atoms with van der Waals surface area (Å²) in [5.41, 5.74) is 1.15. The number of halogens is 1. The van der Waals surface area contributed by atoms with E-state index in [-0.39, 0.29) is 18.8 Å². The number of hydrogen-bond acceptors (Lipinski definition) is 3. The molecule has 0 aromatic heterocycles. The number of carbonyl (C=O) groups is 2. The summed E-state index contributed by atoms with van der Waals surface area (Å²) < 4.78 is 13.4. The average Bonchev–Trinajstić information content (AvgIpc) is 2.41. The largest absolute Gasteiger partial charge is 0.479 e. The number of aliphatic hydroxyl groups is 1. The number of rotatable bonds is 6. The summed E-state index contributed by atoms with van der Waals surface area (Å²) in [5.74, 6) is -1.67. The molecule has 1 unspecified atom stereocenters. The molecule has 1 rings (SSSR count). The van der Waals surface area contributed by atoms with Gasteiger partial charge < -0.3 is 20.8 Å². The van der Waals surface area contributed by atoms with Crippen molar-refractivity contribution < 1.29 is 24.2 Å². The van der Waals surface area contributed by atoms with Crippen LogP contribution in [0.4, 0.5) is 9.18 Å². The van der Waals surface area contributed by atoms with Gasteiger partial charge in [-0.2, -0.15) is 0 Å². The second-order valence-electron chi connectivity index (χ2n) is 4.77. The van der Waals surface area contributed by atoms with Crippen molar-refractivity contribution in [1.29, 1.82) is 0 Å². The van der Waals surface area contributed by atoms with E-state index in [2.05, 4.69) is 10.6 Å². The lowest BCUT2D eigenvalue weighted by Gasteiger charge is -2.16. The fourth-order valence-corrected chi connectivity index (χ4v) is 1.66. The van der Waals surface area contributed by atoms with E-state index in [1.165, 1.54) is 6.07 Å². The standard InChI is InChI=1S/C14H19FN2O4/c1-8-3-4-10(7-11(8)15)9(2)17-14(21)16-6-5-12(18)13(19)20/h3-4,7,9,12,18H,5-6H2,1-2H3,(H,19,20)(H2,16,17,21)/t9?,12-/m0/s1. The topological polar surface area (TPSA) is 98.7 Å². The monoisotopic (exact) mass is 298 g/mol. The summed E-state index contributed by atoms with van der Waals surface area (Å²) in [4.78, 5) is 22.0. The van der Waals surface area contributed by atoms with E-state index in [0.29, 0.717) is 11.1 Å². The number of amides is 2. The highest BCUT2D eigenvalue weighted by Gasteiger charge is 2.14. The summed E-state index contributed by atoms with van der Waals surface area (Å²) in [5, 5.41) is 22.5. The number of carbonyl (C=O) groups excluding carboxylic acids is 1. The lowest BCUT2D eigenvalue weighted by Crippen LogP contribution is -2.39. The molecule has 0 bridgehead atoms. The van der Waals surface area contributed by atoms with Gasteiger partial charge in [0.05, 0.1) is 6.04 Å². The predicted octanol–water partition coefficient (Wildman–Crippen LogP) is 1.33. The number of nitrogens with one attached hydrogen (secondary N) is 2. The van der Waals surface area contributed by atoms with Crippen LogP contribution in [0.2, 0.25) is 0 Å². The van der Waals surface area contributed by atoms with Crippen molar-refractivity contribution in [3.63, 3.8) is 0 Å². The number of aliphatic carboxylic acids is 1. The molecule has 7 heteroatoms. The van der Waals surface area contributed by atoms with Crippen LogP contribution in [0.25, 0.3) is 0 Å². The average molecular weight is 298 g/mol. The number of carboxylic acid groups (broad SMARTS) is 1. The van der Waals surface area contributed by atoms with Gasteiger partial charge in [-0.1, -0.05) is 12.1 Å². The van der Waals surface area contributed by atoms with Crippen LogP contribution >= 0.6 is 0 Å². The Kier molecular flexibility index (Phi) is 6.10. The molecule has 0 aliphatic rings. The molecule has 21 heavy (non-hydrogen) atoms. The number of aryl methyl sites for hydroxylation is 1. The lowest BCUT2D eigenvalue weighted by molar-refractivity contribution is -0.146. The van der Waals surface area contributed by atoms with Gasteiger partial charge in [0.25, 0.3) is 0 Å². The fourth-order valence-electron chi connectivity index (χ4n) is 1.66. The molecular weight excluding hydrogens is 279 g/mol. The maximum Gasteiger partial charge on any atom is 0.332 e. The van der Waals surface area contributed by atoms with E-state index in [4.69, 9.17) is 10.2 Å². The first-order valence-corrected chi connectivity index (χ1v) is 6.52. The van der Waals surface area contributed by atoms with E-state index < -0.39 is 24.1 Å². The van der Waals surface area contributed by atoms with Crippen molar-refractivity contribution in [2.75, 3.05) is 6.54 Å². The minimum Gasteiger partial charge on any atom is -0.479 e. The van der Waals surface area contributed by atoms with Crippen LogP contribution in [-0.2, 0) is 4.79 Å². The van der Waals surface area contributed by atoms with Gasteiger partial charge in [-0.15, -0.1) is 0 Å². The Labute approximate surface area is 122 Å². The number of hydrogen-bond donors (Lipinski definition) is 4. The van der Waals surface area contributed by atoms with Crippen LogP contribution in [0.5, 0.6) is 0 Å². The van der Waals surface area contributed by atoms with Crippen LogP contribution in [0, 0.1) is 12.7 Å². The third-order valence-corrected chi connectivity index (χ3v) is 3.03. The first-order valence-electron chi connectivity index (χ1n) is 6.52. The molecule has 1 aromatic rings. The predicted molar refractivity (Wildman–Crippen MR) is 74.3 cm³/mol. The summed E-state index contributed by atoms with van der Waals surface area (Å²) in [7, 11) is 0. The normalized spacial score (nSPS) is 13.3. The zero-order valence-corrected chi connectivity index (χ0v) is 11.9. The molecule has 0 spiro atoms. The number of benzene rings is 1. The maximum atomic E-state index is 13.4. The van der Waals surface area contributed by atoms with Crippen LogP contribution in [0.3, 0.4) is 0 Å². The molecule has 0 saturated carbocycles. The van der Waals surface area contributed by atoms with Crippen molar-refractivity contribution in [2.24, 2.45) is 0 Å². The molecule has 116 valence electrons. The zero-order chi connectivity index (χ0) is 16.0. The minimum atomic E-state index is -1.51. The first-order chi connectivity index (χ1) is 9.81. The summed E-state index contributed by atoms with van der Waals surface area (Å²) in [6.07, 6.45) is -1.59. The Morgan fingerprint density at radius 1 is 1.38 bits per heavy atom. The minimum absolute atomic E-state index is 0.0221. The summed E-state index contributed by atoms with van der Waals surface area (Å²) >= 11 is 0. The van der Waals surface area contributed by atoms with Crippen LogP contribution in [0.15, 0.2) is 18.2 Å². The van der Waals surface area contributed by atoms with E-state index >= 15 is 0 Å². The molecule has 1 aromatic carbocycles. The molecule has 0 heterocycles. The summed E-state index contributed by atoms with van der Waals surface area (Å²) in [6.45, 7) is 3.38. The molecule has 0 aliphatic carbocycles. The van der Waals surface area contributed by atoms with Gasteiger partial charge in [-0.25, -0.2) is 14.0 Å². The molecule has 2 amide bonds. The van der Waals surface area contributed by atoms with Crippen molar-refractivity contribution in [1.82, 2.24) is 10.6 Å². The van der Waals surface area contributed by atoms with Gasteiger partial charge in [0, 0.05) is 13.0 Å². The molecular formula is C14H19FN2O4. The molecule has 4 N–H and O–H groups in total. The molecule has 2 atom stereocenters. The smallest absolute Gasteiger partial charge is 0.332 e. The Morgan fingerprint density at radius 2 is 2.05 bits per heavy atom. The third kappa shape index (κ3) is 5.39. The van der Waals surface area contributed by atoms with Gasteiger partial charge in [0.15, 0.2) is 6.10 Å². The van der Waals surface area contributed by atoms with Gasteiger partial charge in [0.1, 0.15) is 5.82 Å². The highest BCUT2D eigenvalue weighted by atomic mass is 19.1.